The van der Waals surface area contributed by atoms with Gasteiger partial charge in [0, 0.05) is 30.4 Å². The average molecular weight is 494 g/mol. The third-order valence-electron chi connectivity index (χ3n) is 6.04. The van der Waals surface area contributed by atoms with E-state index in [1.165, 1.54) is 0 Å². The molecule has 1 aromatic heterocycles. The molecule has 4 aromatic carbocycles. The lowest BCUT2D eigenvalue weighted by Crippen LogP contribution is -2.08. The van der Waals surface area contributed by atoms with Crippen molar-refractivity contribution in [2.75, 3.05) is 19.0 Å². The molecule has 0 fully saturated rings. The molecule has 0 aliphatic carbocycles. The number of carbonyl (C=O) groups is 1. The molecule has 5 rings (SSSR count). The minimum Gasteiger partial charge on any atom is -0.478 e. The Balaban J connectivity index is 1.68. The fourth-order valence-electron chi connectivity index (χ4n) is 4.18. The Hall–Kier alpha value is -4.35. The fourth-order valence-corrected chi connectivity index (χ4v) is 4.37. The molecule has 0 aliphatic rings. The number of rotatable bonds is 6. The van der Waals surface area contributed by atoms with Crippen molar-refractivity contribution in [1.29, 1.82) is 0 Å². The summed E-state index contributed by atoms with van der Waals surface area (Å²) in [5.41, 5.74) is 4.98. The predicted molar refractivity (Wildman–Crippen MR) is 148 cm³/mol. The molecule has 0 bridgehead atoms. The Bertz CT molecular complexity index is 1600. The lowest BCUT2D eigenvalue weighted by Gasteiger charge is -2.13. The highest BCUT2D eigenvalue weighted by molar-refractivity contribution is 6.31. The van der Waals surface area contributed by atoms with Gasteiger partial charge >= 0.3 is 5.97 Å². The molecule has 0 spiro atoms. The number of aromatic nitrogens is 2. The second kappa shape index (κ2) is 9.72. The molecule has 0 radical (unpaired) electrons. The van der Waals surface area contributed by atoms with Crippen LogP contribution in [0.4, 0.5) is 5.69 Å². The van der Waals surface area contributed by atoms with Crippen LogP contribution in [0.3, 0.4) is 0 Å². The van der Waals surface area contributed by atoms with E-state index in [0.29, 0.717) is 16.3 Å². The first-order valence-corrected chi connectivity index (χ1v) is 11.8. The van der Waals surface area contributed by atoms with Gasteiger partial charge in [-0.15, -0.1) is 0 Å². The molecule has 0 aliphatic heterocycles. The molecule has 0 saturated carbocycles. The second-order valence-corrected chi connectivity index (χ2v) is 9.15. The van der Waals surface area contributed by atoms with Crippen LogP contribution in [0.25, 0.3) is 39.4 Å². The van der Waals surface area contributed by atoms with E-state index < -0.39 is 5.97 Å². The van der Waals surface area contributed by atoms with Gasteiger partial charge in [0.2, 0.25) is 0 Å². The first-order chi connectivity index (χ1) is 17.4. The summed E-state index contributed by atoms with van der Waals surface area (Å²) in [5, 5.41) is 17.5. The van der Waals surface area contributed by atoms with Gasteiger partial charge in [0.15, 0.2) is 0 Å². The van der Waals surface area contributed by atoms with Crippen LogP contribution in [0.15, 0.2) is 97.1 Å². The van der Waals surface area contributed by atoms with Crippen molar-refractivity contribution in [3.05, 3.63) is 113 Å². The lowest BCUT2D eigenvalue weighted by molar-refractivity contribution is -0.130. The normalized spacial score (nSPS) is 11.6. The standard InChI is InChI=1S/C30H24ClN3O2/c1-33(2)26-13-11-21(12-14-26)29-19-25(18-28(30(35)36)23-8-5-9-24(31)16-23)32-34(29)27-15-10-20-6-3-4-7-22(20)17-27/h3-19H,1-2H3,(H,35,36)/b28-18-. The van der Waals surface area contributed by atoms with Crippen molar-refractivity contribution < 1.29 is 9.90 Å². The van der Waals surface area contributed by atoms with E-state index in [0.717, 1.165) is 33.4 Å². The molecular weight excluding hydrogens is 470 g/mol. The van der Waals surface area contributed by atoms with Crippen LogP contribution in [0.5, 0.6) is 0 Å². The molecule has 0 unspecified atom stereocenters. The molecule has 0 amide bonds. The SMILES string of the molecule is CN(C)c1ccc(-c2cc(/C=C(\C(=O)O)c3cccc(Cl)c3)nn2-c2ccc3ccccc3c2)cc1. The van der Waals surface area contributed by atoms with Crippen molar-refractivity contribution in [3.63, 3.8) is 0 Å². The smallest absolute Gasteiger partial charge is 0.336 e. The van der Waals surface area contributed by atoms with Gasteiger partial charge in [0.1, 0.15) is 0 Å². The van der Waals surface area contributed by atoms with E-state index in [1.54, 1.807) is 30.3 Å². The quantitative estimate of drug-likeness (QED) is 0.258. The molecule has 0 atom stereocenters. The minimum absolute atomic E-state index is 0.121. The van der Waals surface area contributed by atoms with E-state index in [9.17, 15) is 9.90 Å². The summed E-state index contributed by atoms with van der Waals surface area (Å²) in [4.78, 5) is 14.2. The Kier molecular flexibility index (Phi) is 6.32. The Morgan fingerprint density at radius 1 is 0.889 bits per heavy atom. The maximum atomic E-state index is 12.1. The number of benzene rings is 4. The number of anilines is 1. The third kappa shape index (κ3) is 4.74. The Morgan fingerprint density at radius 3 is 2.33 bits per heavy atom. The Labute approximate surface area is 214 Å². The van der Waals surface area contributed by atoms with Gasteiger partial charge < -0.3 is 10.0 Å². The number of carboxylic acids is 1. The van der Waals surface area contributed by atoms with Crippen LogP contribution in [0.2, 0.25) is 5.02 Å². The second-order valence-electron chi connectivity index (χ2n) is 8.71. The van der Waals surface area contributed by atoms with Gasteiger partial charge in [-0.3, -0.25) is 0 Å². The maximum Gasteiger partial charge on any atom is 0.336 e. The highest BCUT2D eigenvalue weighted by atomic mass is 35.5. The molecule has 36 heavy (non-hydrogen) atoms. The highest BCUT2D eigenvalue weighted by Crippen LogP contribution is 2.29. The van der Waals surface area contributed by atoms with Crippen LogP contribution in [-0.4, -0.2) is 35.0 Å². The monoisotopic (exact) mass is 493 g/mol. The summed E-state index contributed by atoms with van der Waals surface area (Å²) in [6.07, 6.45) is 1.59. The van der Waals surface area contributed by atoms with Gasteiger partial charge in [0.05, 0.1) is 22.6 Å². The zero-order valence-corrected chi connectivity index (χ0v) is 20.6. The molecule has 0 saturated heterocycles. The van der Waals surface area contributed by atoms with E-state index in [2.05, 4.69) is 36.4 Å². The highest BCUT2D eigenvalue weighted by Gasteiger charge is 2.16. The zero-order chi connectivity index (χ0) is 25.2. The maximum absolute atomic E-state index is 12.1. The summed E-state index contributed by atoms with van der Waals surface area (Å²) in [6, 6.07) is 31.3. The number of hydrogen-bond acceptors (Lipinski definition) is 3. The van der Waals surface area contributed by atoms with Crippen LogP contribution < -0.4 is 4.90 Å². The summed E-state index contributed by atoms with van der Waals surface area (Å²) in [6.45, 7) is 0. The van der Waals surface area contributed by atoms with Gasteiger partial charge in [-0.25, -0.2) is 9.48 Å². The molecule has 6 heteroatoms. The number of aliphatic carboxylic acids is 1. The van der Waals surface area contributed by atoms with Gasteiger partial charge in [-0.2, -0.15) is 5.10 Å². The van der Waals surface area contributed by atoms with Crippen LogP contribution in [0, 0.1) is 0 Å². The third-order valence-corrected chi connectivity index (χ3v) is 6.28. The number of carboxylic acid groups (broad SMARTS) is 1. The summed E-state index contributed by atoms with van der Waals surface area (Å²) in [7, 11) is 4.00. The van der Waals surface area contributed by atoms with Gasteiger partial charge in [-0.05, 0) is 64.9 Å². The van der Waals surface area contributed by atoms with E-state index >= 15 is 0 Å². The first kappa shape index (κ1) is 23.4. The van der Waals surface area contributed by atoms with Gasteiger partial charge in [0.25, 0.3) is 0 Å². The van der Waals surface area contributed by atoms with Gasteiger partial charge in [-0.1, -0.05) is 66.2 Å². The lowest BCUT2D eigenvalue weighted by atomic mass is 10.0. The molecular formula is C30H24ClN3O2. The molecule has 5 aromatic rings. The number of nitrogens with zero attached hydrogens (tertiary/aromatic N) is 3. The fraction of sp³-hybridized carbons (Fsp3) is 0.0667. The van der Waals surface area contributed by atoms with Crippen LogP contribution in [-0.2, 0) is 4.79 Å². The predicted octanol–water partition coefficient (Wildman–Crippen LogP) is 7.04. The first-order valence-electron chi connectivity index (χ1n) is 11.5. The minimum atomic E-state index is -1.05. The zero-order valence-electron chi connectivity index (χ0n) is 19.9. The summed E-state index contributed by atoms with van der Waals surface area (Å²) in [5.74, 6) is -1.05. The number of fused-ring (bicyclic) bond motifs is 1. The van der Waals surface area contributed by atoms with Crippen molar-refractivity contribution in [2.45, 2.75) is 0 Å². The van der Waals surface area contributed by atoms with Crippen molar-refractivity contribution in [3.8, 4) is 16.9 Å². The molecule has 178 valence electrons. The number of halogens is 1. The van der Waals surface area contributed by atoms with E-state index in [1.807, 2.05) is 60.1 Å². The van der Waals surface area contributed by atoms with Crippen LogP contribution in [0.1, 0.15) is 11.3 Å². The topological polar surface area (TPSA) is 58.4 Å². The average Bonchev–Trinajstić information content (AvgIpc) is 3.31. The Morgan fingerprint density at radius 2 is 1.64 bits per heavy atom. The molecule has 5 nitrogen and oxygen atoms in total. The summed E-state index contributed by atoms with van der Waals surface area (Å²) >= 11 is 6.13. The van der Waals surface area contributed by atoms with E-state index in [-0.39, 0.29) is 5.57 Å². The van der Waals surface area contributed by atoms with Crippen molar-refractivity contribution in [1.82, 2.24) is 9.78 Å². The van der Waals surface area contributed by atoms with Crippen molar-refractivity contribution in [2.24, 2.45) is 0 Å². The molecule has 1 N–H and O–H groups in total. The van der Waals surface area contributed by atoms with E-state index in [4.69, 9.17) is 16.7 Å². The number of hydrogen-bond donors (Lipinski definition) is 1. The summed E-state index contributed by atoms with van der Waals surface area (Å²) < 4.78 is 1.86. The van der Waals surface area contributed by atoms with Crippen molar-refractivity contribution >= 4 is 45.7 Å². The molecule has 1 heterocycles. The van der Waals surface area contributed by atoms with Crippen LogP contribution >= 0.6 is 11.6 Å². The largest absolute Gasteiger partial charge is 0.478 e.